The Labute approximate surface area is 103 Å². The molecule has 0 atom stereocenters. The minimum Gasteiger partial charge on any atom is -0.382 e. The average Bonchev–Trinajstić information content (AvgIpc) is 2.98. The van der Waals surface area contributed by atoms with E-state index in [1.165, 1.54) is 0 Å². The van der Waals surface area contributed by atoms with Crippen molar-refractivity contribution in [2.24, 2.45) is 0 Å². The van der Waals surface area contributed by atoms with Crippen LogP contribution in [0, 0.1) is 0 Å². The van der Waals surface area contributed by atoms with Crippen LogP contribution in [-0.2, 0) is 6.54 Å². The van der Waals surface area contributed by atoms with E-state index in [0.29, 0.717) is 23.1 Å². The van der Waals surface area contributed by atoms with Crippen LogP contribution in [-0.4, -0.2) is 29.5 Å². The zero-order chi connectivity index (χ0) is 12.5. The van der Waals surface area contributed by atoms with E-state index >= 15 is 0 Å². The molecule has 0 aromatic carbocycles. The monoisotopic (exact) mass is 243 g/mol. The Balaban J connectivity index is 2.17. The van der Waals surface area contributed by atoms with Crippen molar-refractivity contribution in [3.63, 3.8) is 0 Å². The van der Waals surface area contributed by atoms with Crippen LogP contribution in [0.15, 0.2) is 18.7 Å². The molecule has 0 spiro atoms. The molecule has 3 N–H and O–H groups in total. The van der Waals surface area contributed by atoms with E-state index in [-0.39, 0.29) is 0 Å². The normalized spacial score (nSPS) is 11.2. The Bertz CT molecular complexity index is 668. The van der Waals surface area contributed by atoms with Gasteiger partial charge in [0.25, 0.3) is 0 Å². The van der Waals surface area contributed by atoms with Crippen LogP contribution < -0.4 is 5.73 Å². The maximum Gasteiger partial charge on any atom is 0.199 e. The molecule has 3 rings (SSSR count). The molecular formula is C11H13N7. The maximum absolute atomic E-state index is 5.99. The lowest BCUT2D eigenvalue weighted by atomic mass is 10.4. The Hall–Kier alpha value is -2.44. The van der Waals surface area contributed by atoms with Gasteiger partial charge in [-0.25, -0.2) is 19.9 Å². The lowest BCUT2D eigenvalue weighted by molar-refractivity contribution is 0.697. The molecule has 0 radical (unpaired) electrons. The second kappa shape index (κ2) is 4.10. The highest BCUT2D eigenvalue weighted by Gasteiger charge is 2.13. The highest BCUT2D eigenvalue weighted by Crippen LogP contribution is 2.20. The second-order valence-electron chi connectivity index (χ2n) is 3.98. The molecule has 7 nitrogen and oxygen atoms in total. The number of fused-ring (bicyclic) bond motifs is 1. The van der Waals surface area contributed by atoms with Crippen molar-refractivity contribution >= 4 is 17.0 Å². The van der Waals surface area contributed by atoms with E-state index in [0.717, 1.165) is 18.5 Å². The number of hydrogen-bond acceptors (Lipinski definition) is 5. The van der Waals surface area contributed by atoms with Gasteiger partial charge in [0.05, 0.1) is 6.33 Å². The summed E-state index contributed by atoms with van der Waals surface area (Å²) in [6.07, 6.45) is 6.11. The molecule has 0 aliphatic rings. The first kappa shape index (κ1) is 10.7. The van der Waals surface area contributed by atoms with Crippen LogP contribution in [0.2, 0.25) is 0 Å². The number of aromatic nitrogens is 6. The van der Waals surface area contributed by atoms with E-state index in [9.17, 15) is 0 Å². The highest BCUT2D eigenvalue weighted by molar-refractivity contribution is 5.83. The average molecular weight is 243 g/mol. The summed E-state index contributed by atoms with van der Waals surface area (Å²) in [5.41, 5.74) is 7.37. The predicted octanol–water partition coefficient (Wildman–Crippen LogP) is 1.21. The molecule has 0 amide bonds. The minimum atomic E-state index is 0.428. The van der Waals surface area contributed by atoms with Gasteiger partial charge in [0.2, 0.25) is 0 Å². The fourth-order valence-corrected chi connectivity index (χ4v) is 1.91. The van der Waals surface area contributed by atoms with Crippen LogP contribution in [0.1, 0.15) is 13.3 Å². The fourth-order valence-electron chi connectivity index (χ4n) is 1.91. The van der Waals surface area contributed by atoms with E-state index in [1.54, 1.807) is 18.7 Å². The van der Waals surface area contributed by atoms with Crippen molar-refractivity contribution in [1.29, 1.82) is 0 Å². The molecular weight excluding hydrogens is 230 g/mol. The quantitative estimate of drug-likeness (QED) is 0.720. The third-order valence-electron chi connectivity index (χ3n) is 2.67. The van der Waals surface area contributed by atoms with Crippen molar-refractivity contribution in [2.45, 2.75) is 19.9 Å². The van der Waals surface area contributed by atoms with Gasteiger partial charge in [-0.2, -0.15) is 0 Å². The number of nitrogen functional groups attached to an aromatic ring is 1. The molecule has 0 saturated heterocycles. The van der Waals surface area contributed by atoms with Crippen molar-refractivity contribution in [3.05, 3.63) is 18.7 Å². The molecule has 3 heterocycles. The van der Waals surface area contributed by atoms with Crippen molar-refractivity contribution in [3.8, 4) is 11.6 Å². The van der Waals surface area contributed by atoms with Gasteiger partial charge in [-0.1, -0.05) is 6.92 Å². The lowest BCUT2D eigenvalue weighted by Gasteiger charge is -2.04. The predicted molar refractivity (Wildman–Crippen MR) is 67.6 cm³/mol. The molecule has 0 aliphatic heterocycles. The minimum absolute atomic E-state index is 0.428. The van der Waals surface area contributed by atoms with Crippen LogP contribution in [0.3, 0.4) is 0 Å². The van der Waals surface area contributed by atoms with Crippen LogP contribution in [0.4, 0.5) is 5.82 Å². The molecule has 18 heavy (non-hydrogen) atoms. The molecule has 0 unspecified atom stereocenters. The molecule has 3 aromatic rings. The second-order valence-corrected chi connectivity index (χ2v) is 3.98. The van der Waals surface area contributed by atoms with Gasteiger partial charge in [0.1, 0.15) is 5.52 Å². The number of aryl methyl sites for hydroxylation is 1. The number of nitrogens with two attached hydrogens (primary N) is 1. The molecule has 3 aromatic heterocycles. The first-order valence-corrected chi connectivity index (χ1v) is 5.77. The van der Waals surface area contributed by atoms with E-state index in [1.807, 2.05) is 4.57 Å². The summed E-state index contributed by atoms with van der Waals surface area (Å²) in [4.78, 5) is 20.0. The van der Waals surface area contributed by atoms with Crippen LogP contribution in [0.25, 0.3) is 22.8 Å². The van der Waals surface area contributed by atoms with E-state index in [4.69, 9.17) is 5.73 Å². The first-order chi connectivity index (χ1) is 8.79. The number of anilines is 1. The highest BCUT2D eigenvalue weighted by atomic mass is 15.1. The Morgan fingerprint density at radius 1 is 1.33 bits per heavy atom. The SMILES string of the molecule is CCCn1cnc2nc(-c3ncc[nH]3)nc(N)c21. The van der Waals surface area contributed by atoms with Gasteiger partial charge in [-0.05, 0) is 6.42 Å². The number of H-pyrrole nitrogens is 1. The number of aromatic amines is 1. The zero-order valence-corrected chi connectivity index (χ0v) is 9.96. The maximum atomic E-state index is 5.99. The van der Waals surface area contributed by atoms with E-state index < -0.39 is 0 Å². The lowest BCUT2D eigenvalue weighted by Crippen LogP contribution is -2.02. The largest absolute Gasteiger partial charge is 0.382 e. The van der Waals surface area contributed by atoms with Crippen LogP contribution >= 0.6 is 0 Å². The van der Waals surface area contributed by atoms with Gasteiger partial charge < -0.3 is 15.3 Å². The van der Waals surface area contributed by atoms with Crippen molar-refractivity contribution in [1.82, 2.24) is 29.5 Å². The standard InChI is InChI=1S/C11H13N7/c1-2-5-18-6-15-9-7(18)8(12)16-11(17-9)10-13-3-4-14-10/h3-4,6H,2,5H2,1H3,(H,13,14)(H2,12,16,17). The Kier molecular flexibility index (Phi) is 2.44. The number of imidazole rings is 2. The van der Waals surface area contributed by atoms with E-state index in [2.05, 4.69) is 31.8 Å². The van der Waals surface area contributed by atoms with Gasteiger partial charge in [-0.3, -0.25) is 0 Å². The molecule has 0 bridgehead atoms. The smallest absolute Gasteiger partial charge is 0.199 e. The summed E-state index contributed by atoms with van der Waals surface area (Å²) in [6.45, 7) is 2.95. The number of nitrogens with zero attached hydrogens (tertiary/aromatic N) is 5. The summed E-state index contributed by atoms with van der Waals surface area (Å²) in [7, 11) is 0. The van der Waals surface area contributed by atoms with Gasteiger partial charge in [-0.15, -0.1) is 0 Å². The molecule has 0 saturated carbocycles. The molecule has 0 aliphatic carbocycles. The van der Waals surface area contributed by atoms with Gasteiger partial charge >= 0.3 is 0 Å². The number of nitrogens with one attached hydrogen (secondary N) is 1. The third kappa shape index (κ3) is 1.60. The fraction of sp³-hybridized carbons (Fsp3) is 0.273. The molecule has 92 valence electrons. The first-order valence-electron chi connectivity index (χ1n) is 5.77. The molecule has 7 heteroatoms. The van der Waals surface area contributed by atoms with Crippen molar-refractivity contribution in [2.75, 3.05) is 5.73 Å². The topological polar surface area (TPSA) is 98.3 Å². The molecule has 0 fully saturated rings. The van der Waals surface area contributed by atoms with Gasteiger partial charge in [0.15, 0.2) is 23.1 Å². The van der Waals surface area contributed by atoms with Crippen LogP contribution in [0.5, 0.6) is 0 Å². The number of rotatable bonds is 3. The van der Waals surface area contributed by atoms with Gasteiger partial charge in [0, 0.05) is 18.9 Å². The Morgan fingerprint density at radius 2 is 2.22 bits per heavy atom. The summed E-state index contributed by atoms with van der Waals surface area (Å²) >= 11 is 0. The third-order valence-corrected chi connectivity index (χ3v) is 2.67. The summed E-state index contributed by atoms with van der Waals surface area (Å²) < 4.78 is 1.97. The van der Waals surface area contributed by atoms with Crippen molar-refractivity contribution < 1.29 is 0 Å². The summed E-state index contributed by atoms with van der Waals surface area (Å²) in [5, 5.41) is 0. The summed E-state index contributed by atoms with van der Waals surface area (Å²) in [5.74, 6) is 1.48. The zero-order valence-electron chi connectivity index (χ0n) is 9.96. The summed E-state index contributed by atoms with van der Waals surface area (Å²) in [6, 6.07) is 0. The number of hydrogen-bond donors (Lipinski definition) is 2. The Morgan fingerprint density at radius 3 is 2.94 bits per heavy atom.